The first-order valence-electron chi connectivity index (χ1n) is 5.90. The average Bonchev–Trinajstić information content (AvgIpc) is 2.19. The van der Waals surface area contributed by atoms with Gasteiger partial charge < -0.3 is 10.5 Å². The largest absolute Gasteiger partial charge is 0.380 e. The molecule has 0 amide bonds. The number of ether oxygens (including phenoxy) is 1. The minimum Gasteiger partial charge on any atom is -0.380 e. The Kier molecular flexibility index (Phi) is 3.44. The molecular formula is C12H22N2O. The van der Waals surface area contributed by atoms with Crippen LogP contribution >= 0.6 is 0 Å². The Hall–Kier alpha value is -0.380. The molecular weight excluding hydrogens is 188 g/mol. The van der Waals surface area contributed by atoms with Crippen LogP contribution in [0.15, 0.2) is 11.6 Å². The van der Waals surface area contributed by atoms with Crippen LogP contribution in [0.3, 0.4) is 0 Å². The highest BCUT2D eigenvalue weighted by Crippen LogP contribution is 2.30. The molecule has 1 fully saturated rings. The van der Waals surface area contributed by atoms with E-state index in [4.69, 9.17) is 10.5 Å². The summed E-state index contributed by atoms with van der Waals surface area (Å²) in [5, 5.41) is 0. The van der Waals surface area contributed by atoms with Gasteiger partial charge in [0.15, 0.2) is 0 Å². The van der Waals surface area contributed by atoms with Crippen LogP contribution in [-0.4, -0.2) is 43.8 Å². The smallest absolute Gasteiger partial charge is 0.0673 e. The fourth-order valence-electron chi connectivity index (χ4n) is 2.45. The summed E-state index contributed by atoms with van der Waals surface area (Å²) in [5.74, 6) is 0. The Morgan fingerprint density at radius 3 is 2.80 bits per heavy atom. The average molecular weight is 210 g/mol. The van der Waals surface area contributed by atoms with Gasteiger partial charge in [0.1, 0.15) is 0 Å². The molecule has 0 aromatic carbocycles. The van der Waals surface area contributed by atoms with E-state index in [9.17, 15) is 0 Å². The van der Waals surface area contributed by atoms with Crippen molar-refractivity contribution in [2.75, 3.05) is 33.4 Å². The van der Waals surface area contributed by atoms with Gasteiger partial charge in [0.25, 0.3) is 0 Å². The predicted octanol–water partition coefficient (Wildman–Crippen LogP) is 1.15. The fraction of sp³-hybridized carbons (Fsp3) is 0.833. The summed E-state index contributed by atoms with van der Waals surface area (Å²) in [5.41, 5.74) is 7.81. The van der Waals surface area contributed by atoms with E-state index in [-0.39, 0.29) is 5.54 Å². The van der Waals surface area contributed by atoms with Crippen LogP contribution in [0.5, 0.6) is 0 Å². The third-order valence-corrected chi connectivity index (χ3v) is 3.60. The summed E-state index contributed by atoms with van der Waals surface area (Å²) < 4.78 is 5.14. The summed E-state index contributed by atoms with van der Waals surface area (Å²) in [7, 11) is 1.76. The lowest BCUT2D eigenvalue weighted by Gasteiger charge is -2.42. The third-order valence-electron chi connectivity index (χ3n) is 3.60. The molecule has 0 spiro atoms. The second-order valence-corrected chi connectivity index (χ2v) is 5.00. The van der Waals surface area contributed by atoms with Crippen LogP contribution in [0.25, 0.3) is 0 Å². The molecule has 2 rings (SSSR count). The van der Waals surface area contributed by atoms with Crippen molar-refractivity contribution in [3.63, 3.8) is 0 Å². The molecule has 1 aliphatic carbocycles. The lowest BCUT2D eigenvalue weighted by molar-refractivity contribution is 0.147. The minimum atomic E-state index is 0.132. The van der Waals surface area contributed by atoms with Crippen molar-refractivity contribution >= 4 is 0 Å². The third kappa shape index (κ3) is 2.80. The van der Waals surface area contributed by atoms with Crippen molar-refractivity contribution < 1.29 is 4.74 Å². The van der Waals surface area contributed by atoms with Crippen LogP contribution in [0.2, 0.25) is 0 Å². The van der Waals surface area contributed by atoms with Gasteiger partial charge in [-0.25, -0.2) is 0 Å². The number of hydrogen-bond acceptors (Lipinski definition) is 3. The molecule has 3 heteroatoms. The van der Waals surface area contributed by atoms with E-state index in [1.807, 2.05) is 0 Å². The molecule has 2 N–H and O–H groups in total. The van der Waals surface area contributed by atoms with Gasteiger partial charge in [-0.3, -0.25) is 4.90 Å². The Balaban J connectivity index is 1.77. The van der Waals surface area contributed by atoms with Gasteiger partial charge in [0, 0.05) is 32.3 Å². The van der Waals surface area contributed by atoms with E-state index < -0.39 is 0 Å². The van der Waals surface area contributed by atoms with Gasteiger partial charge in [-0.15, -0.1) is 0 Å². The number of hydrogen-bond donors (Lipinski definition) is 1. The van der Waals surface area contributed by atoms with Gasteiger partial charge >= 0.3 is 0 Å². The SMILES string of the molecule is COCC1=CCN(CC2(N)CCC2)CC1. The van der Waals surface area contributed by atoms with Crippen molar-refractivity contribution in [3.8, 4) is 0 Å². The molecule has 0 unspecified atom stereocenters. The van der Waals surface area contributed by atoms with Gasteiger partial charge in [0.05, 0.1) is 6.61 Å². The zero-order valence-corrected chi connectivity index (χ0v) is 9.67. The van der Waals surface area contributed by atoms with Crippen LogP contribution in [-0.2, 0) is 4.74 Å². The molecule has 0 atom stereocenters. The second kappa shape index (κ2) is 4.64. The summed E-state index contributed by atoms with van der Waals surface area (Å²) in [6.45, 7) is 4.07. The molecule has 3 nitrogen and oxygen atoms in total. The van der Waals surface area contributed by atoms with Crippen LogP contribution in [0.4, 0.5) is 0 Å². The Morgan fingerprint density at radius 2 is 2.33 bits per heavy atom. The molecule has 1 saturated carbocycles. The van der Waals surface area contributed by atoms with Crippen LogP contribution in [0, 0.1) is 0 Å². The molecule has 15 heavy (non-hydrogen) atoms. The summed E-state index contributed by atoms with van der Waals surface area (Å²) in [6.07, 6.45) is 7.17. The zero-order chi connectivity index (χ0) is 10.7. The molecule has 0 aromatic rings. The first kappa shape index (κ1) is 11.1. The highest BCUT2D eigenvalue weighted by Gasteiger charge is 2.34. The quantitative estimate of drug-likeness (QED) is 0.707. The van der Waals surface area contributed by atoms with Gasteiger partial charge in [-0.05, 0) is 31.3 Å². The number of nitrogens with two attached hydrogens (primary N) is 1. The molecule has 86 valence electrons. The van der Waals surface area contributed by atoms with Gasteiger partial charge in [-0.2, -0.15) is 0 Å². The summed E-state index contributed by atoms with van der Waals surface area (Å²) in [6, 6.07) is 0. The van der Waals surface area contributed by atoms with E-state index in [1.54, 1.807) is 7.11 Å². The highest BCUT2D eigenvalue weighted by molar-refractivity contribution is 5.09. The predicted molar refractivity (Wildman–Crippen MR) is 61.8 cm³/mol. The van der Waals surface area contributed by atoms with E-state index >= 15 is 0 Å². The fourth-order valence-corrected chi connectivity index (χ4v) is 2.45. The molecule has 1 heterocycles. The standard InChI is InChI=1S/C12H22N2O/c1-15-9-11-3-7-14(8-4-11)10-12(13)5-2-6-12/h3H,2,4-10,13H2,1H3. The molecule has 0 aromatic heterocycles. The molecule has 2 aliphatic rings. The van der Waals surface area contributed by atoms with Crippen molar-refractivity contribution in [2.24, 2.45) is 5.73 Å². The van der Waals surface area contributed by atoms with Crippen molar-refractivity contribution in [2.45, 2.75) is 31.2 Å². The van der Waals surface area contributed by atoms with Crippen molar-refractivity contribution in [1.29, 1.82) is 0 Å². The van der Waals surface area contributed by atoms with E-state index in [0.717, 1.165) is 32.7 Å². The van der Waals surface area contributed by atoms with E-state index in [1.165, 1.54) is 24.8 Å². The zero-order valence-electron chi connectivity index (χ0n) is 9.67. The maximum absolute atomic E-state index is 6.24. The number of rotatable bonds is 4. The molecule has 0 radical (unpaired) electrons. The lowest BCUT2D eigenvalue weighted by atomic mass is 9.77. The van der Waals surface area contributed by atoms with Gasteiger partial charge in [0.2, 0.25) is 0 Å². The van der Waals surface area contributed by atoms with Crippen molar-refractivity contribution in [1.82, 2.24) is 4.90 Å². The summed E-state index contributed by atoms with van der Waals surface area (Å²) in [4.78, 5) is 2.47. The first-order valence-corrected chi connectivity index (χ1v) is 5.90. The number of methoxy groups -OCH3 is 1. The molecule has 0 saturated heterocycles. The highest BCUT2D eigenvalue weighted by atomic mass is 16.5. The topological polar surface area (TPSA) is 38.5 Å². The van der Waals surface area contributed by atoms with Crippen LogP contribution < -0.4 is 5.73 Å². The summed E-state index contributed by atoms with van der Waals surface area (Å²) >= 11 is 0. The lowest BCUT2D eigenvalue weighted by Crippen LogP contribution is -2.55. The van der Waals surface area contributed by atoms with E-state index in [0.29, 0.717) is 0 Å². The van der Waals surface area contributed by atoms with E-state index in [2.05, 4.69) is 11.0 Å². The minimum absolute atomic E-state index is 0.132. The molecule has 1 aliphatic heterocycles. The Morgan fingerprint density at radius 1 is 1.53 bits per heavy atom. The normalized spacial score (nSPS) is 25.9. The van der Waals surface area contributed by atoms with Crippen molar-refractivity contribution in [3.05, 3.63) is 11.6 Å². The molecule has 0 bridgehead atoms. The van der Waals surface area contributed by atoms with Gasteiger partial charge in [-0.1, -0.05) is 6.08 Å². The maximum atomic E-state index is 6.24. The number of nitrogens with zero attached hydrogens (tertiary/aromatic N) is 1. The van der Waals surface area contributed by atoms with Crippen LogP contribution in [0.1, 0.15) is 25.7 Å². The first-order chi connectivity index (χ1) is 7.22. The Bertz CT molecular complexity index is 246. The monoisotopic (exact) mass is 210 g/mol. The second-order valence-electron chi connectivity index (χ2n) is 5.00. The maximum Gasteiger partial charge on any atom is 0.0673 e. The Labute approximate surface area is 92.3 Å².